The summed E-state index contributed by atoms with van der Waals surface area (Å²) < 4.78 is 13.2. The van der Waals surface area contributed by atoms with Gasteiger partial charge in [0.25, 0.3) is 0 Å². The molecular formula is C29H35BO2. The Balaban J connectivity index is 1.61. The molecule has 0 N–H and O–H groups in total. The molecule has 1 saturated heterocycles. The van der Waals surface area contributed by atoms with Crippen LogP contribution in [0.4, 0.5) is 0 Å². The fraction of sp³-hybridized carbons (Fsp3) is 0.517. The van der Waals surface area contributed by atoms with E-state index >= 15 is 0 Å². The molecule has 0 atom stereocenters. The zero-order chi connectivity index (χ0) is 22.5. The Kier molecular flexibility index (Phi) is 4.14. The van der Waals surface area contributed by atoms with Crippen LogP contribution in [0.5, 0.6) is 0 Å². The Labute approximate surface area is 193 Å². The van der Waals surface area contributed by atoms with Crippen molar-refractivity contribution in [2.75, 3.05) is 0 Å². The highest BCUT2D eigenvalue weighted by Crippen LogP contribution is 2.65. The van der Waals surface area contributed by atoms with E-state index in [9.17, 15) is 0 Å². The molecule has 2 nitrogen and oxygen atoms in total. The molecule has 32 heavy (non-hydrogen) atoms. The number of fused-ring (bicyclic) bond motifs is 6. The minimum Gasteiger partial charge on any atom is -0.399 e. The Bertz CT molecular complexity index is 1130. The number of allylic oxidation sites excluding steroid dienone is 2. The van der Waals surface area contributed by atoms with Crippen LogP contribution < -0.4 is 5.46 Å². The smallest absolute Gasteiger partial charge is 0.399 e. The molecule has 3 aliphatic carbocycles. The van der Waals surface area contributed by atoms with Crippen LogP contribution in [-0.2, 0) is 20.1 Å². The summed E-state index contributed by atoms with van der Waals surface area (Å²) in [5.74, 6) is 0. The van der Waals surface area contributed by atoms with Crippen LogP contribution >= 0.6 is 0 Å². The summed E-state index contributed by atoms with van der Waals surface area (Å²) in [6.07, 6.45) is 6.45. The van der Waals surface area contributed by atoms with Crippen molar-refractivity contribution in [3.63, 3.8) is 0 Å². The lowest BCUT2D eigenvalue weighted by atomic mass is 9.62. The average Bonchev–Trinajstić information content (AvgIpc) is 3.26. The Morgan fingerprint density at radius 2 is 1.31 bits per heavy atom. The lowest BCUT2D eigenvalue weighted by molar-refractivity contribution is 0.00578. The molecule has 1 aliphatic heterocycles. The van der Waals surface area contributed by atoms with Gasteiger partial charge < -0.3 is 9.31 Å². The minimum atomic E-state index is -0.340. The molecular weight excluding hydrogens is 391 g/mol. The van der Waals surface area contributed by atoms with E-state index in [1.165, 1.54) is 54.3 Å². The zero-order valence-electron chi connectivity index (χ0n) is 20.5. The molecule has 166 valence electrons. The van der Waals surface area contributed by atoms with Gasteiger partial charge in [-0.15, -0.1) is 0 Å². The second-order valence-corrected chi connectivity index (χ2v) is 11.9. The van der Waals surface area contributed by atoms with Gasteiger partial charge in [0.15, 0.2) is 0 Å². The second kappa shape index (κ2) is 6.39. The molecule has 6 rings (SSSR count). The largest absolute Gasteiger partial charge is 0.495 e. The SMILES string of the molecule is CC1(C)C2=C(c3c(B4OC(C)(C)C(C)(C)O4)cccc31)C1(CCCCC1)c1ccccc12. The predicted molar refractivity (Wildman–Crippen MR) is 133 cm³/mol. The molecule has 3 heteroatoms. The molecule has 2 aromatic rings. The first kappa shape index (κ1) is 20.7. The van der Waals surface area contributed by atoms with E-state index in [-0.39, 0.29) is 29.2 Å². The standard InChI is InChI=1S/C29H35BO2/c1-26(2)21-15-12-16-22(30-31-27(3,4)28(5,6)32-30)23(21)25-24(26)19-13-8-9-14-20(19)29(25)17-10-7-11-18-29/h8-9,12-16H,7,10-11,17-18H2,1-6H3. The summed E-state index contributed by atoms with van der Waals surface area (Å²) in [5, 5.41) is 0. The number of benzene rings is 2. The Hall–Kier alpha value is -1.84. The lowest BCUT2D eigenvalue weighted by Gasteiger charge is -2.38. The number of hydrogen-bond donors (Lipinski definition) is 0. The van der Waals surface area contributed by atoms with E-state index in [2.05, 4.69) is 84.0 Å². The van der Waals surface area contributed by atoms with Gasteiger partial charge in [-0.25, -0.2) is 0 Å². The number of hydrogen-bond acceptors (Lipinski definition) is 2. The fourth-order valence-electron chi connectivity index (χ4n) is 6.99. The van der Waals surface area contributed by atoms with Gasteiger partial charge >= 0.3 is 7.12 Å². The molecule has 2 fully saturated rings. The molecule has 1 heterocycles. The van der Waals surface area contributed by atoms with Crippen molar-refractivity contribution in [1.29, 1.82) is 0 Å². The van der Waals surface area contributed by atoms with Crippen LogP contribution in [0.1, 0.15) is 95.9 Å². The normalized spacial score (nSPS) is 25.8. The van der Waals surface area contributed by atoms with E-state index in [1.54, 1.807) is 16.7 Å². The Morgan fingerprint density at radius 3 is 2.00 bits per heavy atom. The highest BCUT2D eigenvalue weighted by Gasteiger charge is 2.57. The van der Waals surface area contributed by atoms with Crippen molar-refractivity contribution >= 4 is 23.7 Å². The van der Waals surface area contributed by atoms with E-state index < -0.39 is 0 Å². The summed E-state index contributed by atoms with van der Waals surface area (Å²) in [7, 11) is -0.332. The fourth-order valence-corrected chi connectivity index (χ4v) is 6.99. The second-order valence-electron chi connectivity index (χ2n) is 11.9. The van der Waals surface area contributed by atoms with Gasteiger partial charge in [-0.2, -0.15) is 0 Å². The van der Waals surface area contributed by atoms with E-state index in [0.29, 0.717) is 0 Å². The first-order chi connectivity index (χ1) is 15.1. The average molecular weight is 426 g/mol. The van der Waals surface area contributed by atoms with Gasteiger partial charge in [0.05, 0.1) is 11.2 Å². The molecule has 0 aromatic heterocycles. The van der Waals surface area contributed by atoms with Gasteiger partial charge in [-0.3, -0.25) is 0 Å². The van der Waals surface area contributed by atoms with Crippen molar-refractivity contribution in [3.05, 3.63) is 64.7 Å². The van der Waals surface area contributed by atoms with Crippen molar-refractivity contribution in [2.45, 2.75) is 95.7 Å². The molecule has 2 aromatic carbocycles. The van der Waals surface area contributed by atoms with Crippen LogP contribution in [0.25, 0.3) is 11.1 Å². The maximum absolute atomic E-state index is 6.60. The third-order valence-electron chi connectivity index (χ3n) is 9.30. The third-order valence-corrected chi connectivity index (χ3v) is 9.30. The van der Waals surface area contributed by atoms with Crippen LogP contribution in [0, 0.1) is 0 Å². The van der Waals surface area contributed by atoms with Crippen molar-refractivity contribution in [3.8, 4) is 0 Å². The maximum Gasteiger partial charge on any atom is 0.495 e. The monoisotopic (exact) mass is 426 g/mol. The minimum absolute atomic E-state index is 0.0264. The maximum atomic E-state index is 6.60. The van der Waals surface area contributed by atoms with Gasteiger partial charge in [-0.05, 0) is 79.4 Å². The summed E-state index contributed by atoms with van der Waals surface area (Å²) in [5.41, 5.74) is 9.68. The summed E-state index contributed by atoms with van der Waals surface area (Å²) in [6, 6.07) is 16.1. The molecule has 0 radical (unpaired) electrons. The van der Waals surface area contributed by atoms with Gasteiger partial charge in [0, 0.05) is 10.8 Å². The van der Waals surface area contributed by atoms with Gasteiger partial charge in [0.2, 0.25) is 0 Å². The Morgan fingerprint density at radius 1 is 0.688 bits per heavy atom. The highest BCUT2D eigenvalue weighted by molar-refractivity contribution is 6.63. The van der Waals surface area contributed by atoms with Crippen LogP contribution in [0.2, 0.25) is 0 Å². The molecule has 1 saturated carbocycles. The molecule has 4 aliphatic rings. The topological polar surface area (TPSA) is 18.5 Å². The highest BCUT2D eigenvalue weighted by atomic mass is 16.7. The van der Waals surface area contributed by atoms with Crippen molar-refractivity contribution in [2.24, 2.45) is 0 Å². The van der Waals surface area contributed by atoms with Crippen LogP contribution in [0.15, 0.2) is 42.5 Å². The number of rotatable bonds is 1. The van der Waals surface area contributed by atoms with Crippen LogP contribution in [-0.4, -0.2) is 18.3 Å². The van der Waals surface area contributed by atoms with E-state index in [0.717, 1.165) is 0 Å². The predicted octanol–water partition coefficient (Wildman–Crippen LogP) is 6.40. The molecule has 0 bridgehead atoms. The lowest BCUT2D eigenvalue weighted by Crippen LogP contribution is -2.41. The van der Waals surface area contributed by atoms with E-state index in [1.807, 2.05) is 0 Å². The molecule has 0 unspecified atom stereocenters. The molecule has 0 amide bonds. The van der Waals surface area contributed by atoms with Crippen LogP contribution in [0.3, 0.4) is 0 Å². The summed E-state index contributed by atoms with van der Waals surface area (Å²) >= 11 is 0. The van der Waals surface area contributed by atoms with Gasteiger partial charge in [0.1, 0.15) is 0 Å². The first-order valence-corrected chi connectivity index (χ1v) is 12.4. The third kappa shape index (κ3) is 2.45. The quantitative estimate of drug-likeness (QED) is 0.491. The molecule has 1 spiro atoms. The van der Waals surface area contributed by atoms with Gasteiger partial charge in [-0.1, -0.05) is 75.6 Å². The summed E-state index contributed by atoms with van der Waals surface area (Å²) in [6.45, 7) is 13.4. The zero-order valence-corrected chi connectivity index (χ0v) is 20.5. The van der Waals surface area contributed by atoms with E-state index in [4.69, 9.17) is 9.31 Å². The first-order valence-electron chi connectivity index (χ1n) is 12.4. The van der Waals surface area contributed by atoms with Crippen molar-refractivity contribution in [1.82, 2.24) is 0 Å². The summed E-state index contributed by atoms with van der Waals surface area (Å²) in [4.78, 5) is 0. The van der Waals surface area contributed by atoms with Crippen molar-refractivity contribution < 1.29 is 9.31 Å².